The van der Waals surface area contributed by atoms with Gasteiger partial charge in [0.15, 0.2) is 0 Å². The number of nitrogens with zero attached hydrogens (tertiary/aromatic N) is 3. The van der Waals surface area contributed by atoms with Crippen molar-refractivity contribution in [1.29, 1.82) is 5.26 Å². The third-order valence-corrected chi connectivity index (χ3v) is 4.68. The third kappa shape index (κ3) is 5.45. The topological polar surface area (TPSA) is 78.3 Å². The summed E-state index contributed by atoms with van der Waals surface area (Å²) >= 11 is 0. The molecule has 6 heteroatoms. The molecule has 1 saturated carbocycles. The number of carbonyl (C=O) groups is 1. The molecule has 2 amide bonds. The van der Waals surface area contributed by atoms with Crippen LogP contribution >= 0.6 is 0 Å². The highest BCUT2D eigenvalue weighted by Gasteiger charge is 2.17. The number of nitrogens with one attached hydrogen (secondary N) is 1. The van der Waals surface area contributed by atoms with Crippen LogP contribution in [0.25, 0.3) is 0 Å². The lowest BCUT2D eigenvalue weighted by Crippen LogP contribution is -2.36. The first-order chi connectivity index (χ1) is 13.1. The summed E-state index contributed by atoms with van der Waals surface area (Å²) in [4.78, 5) is 18.2. The molecule has 1 aromatic heterocycles. The van der Waals surface area contributed by atoms with Gasteiger partial charge in [-0.25, -0.2) is 9.78 Å². The van der Waals surface area contributed by atoms with Gasteiger partial charge in [-0.1, -0.05) is 12.1 Å². The zero-order valence-electron chi connectivity index (χ0n) is 15.5. The second kappa shape index (κ2) is 9.04. The smallest absolute Gasteiger partial charge is 0.317 e. The number of carbonyl (C=O) groups excluding carboxylic acids is 1. The fraction of sp³-hybridized carbons (Fsp3) is 0.381. The molecule has 27 heavy (non-hydrogen) atoms. The molecule has 0 unspecified atom stereocenters. The van der Waals surface area contributed by atoms with E-state index in [0.29, 0.717) is 24.5 Å². The summed E-state index contributed by atoms with van der Waals surface area (Å²) in [7, 11) is 1.74. The van der Waals surface area contributed by atoms with Crippen LogP contribution in [0, 0.1) is 11.3 Å². The lowest BCUT2D eigenvalue weighted by Gasteiger charge is -2.18. The number of benzene rings is 1. The van der Waals surface area contributed by atoms with E-state index in [0.717, 1.165) is 24.0 Å². The SMILES string of the molecule is CN(Cc1ccc(C#N)cc1)C(=O)NCc1ccnc(OC2CCCC2)c1. The average molecular weight is 364 g/mol. The fourth-order valence-electron chi connectivity index (χ4n) is 3.14. The van der Waals surface area contributed by atoms with Gasteiger partial charge in [-0.15, -0.1) is 0 Å². The Morgan fingerprint density at radius 3 is 2.70 bits per heavy atom. The summed E-state index contributed by atoms with van der Waals surface area (Å²) in [6.07, 6.45) is 6.58. The maximum atomic E-state index is 12.3. The second-order valence-corrected chi connectivity index (χ2v) is 6.85. The largest absolute Gasteiger partial charge is 0.474 e. The highest BCUT2D eigenvalue weighted by atomic mass is 16.5. The standard InChI is InChI=1S/C21H24N4O2/c1-25(15-17-8-6-16(13-22)7-9-17)21(26)24-14-18-10-11-23-20(12-18)27-19-4-2-3-5-19/h6-12,19H,2-5,14-15H2,1H3,(H,24,26). The van der Waals surface area contributed by atoms with E-state index < -0.39 is 0 Å². The van der Waals surface area contributed by atoms with Crippen molar-refractivity contribution in [3.8, 4) is 11.9 Å². The van der Waals surface area contributed by atoms with Crippen LogP contribution in [-0.2, 0) is 13.1 Å². The zero-order chi connectivity index (χ0) is 19.1. The summed E-state index contributed by atoms with van der Waals surface area (Å²) in [6.45, 7) is 0.893. The second-order valence-electron chi connectivity index (χ2n) is 6.85. The molecule has 0 saturated heterocycles. The maximum Gasteiger partial charge on any atom is 0.317 e. The molecule has 6 nitrogen and oxygen atoms in total. The Bertz CT molecular complexity index is 808. The summed E-state index contributed by atoms with van der Waals surface area (Å²) in [6, 6.07) is 12.9. The normalized spacial score (nSPS) is 13.8. The van der Waals surface area contributed by atoms with E-state index in [9.17, 15) is 4.79 Å². The first-order valence-corrected chi connectivity index (χ1v) is 9.23. The number of pyridine rings is 1. The average Bonchev–Trinajstić information content (AvgIpc) is 3.20. The highest BCUT2D eigenvalue weighted by Crippen LogP contribution is 2.23. The molecule has 3 rings (SSSR count). The molecule has 0 spiro atoms. The van der Waals surface area contributed by atoms with Crippen LogP contribution in [0.1, 0.15) is 42.4 Å². The molecule has 1 aliphatic rings. The summed E-state index contributed by atoms with van der Waals surface area (Å²) < 4.78 is 5.91. The number of hydrogen-bond acceptors (Lipinski definition) is 4. The quantitative estimate of drug-likeness (QED) is 0.849. The Labute approximate surface area is 159 Å². The van der Waals surface area contributed by atoms with Crippen molar-refractivity contribution in [2.45, 2.75) is 44.9 Å². The van der Waals surface area contributed by atoms with Crippen LogP contribution in [0.5, 0.6) is 5.88 Å². The van der Waals surface area contributed by atoms with E-state index in [1.54, 1.807) is 30.3 Å². The van der Waals surface area contributed by atoms with Crippen molar-refractivity contribution >= 4 is 6.03 Å². The van der Waals surface area contributed by atoms with Gasteiger partial charge in [-0.05, 0) is 55.0 Å². The van der Waals surface area contributed by atoms with E-state index in [-0.39, 0.29) is 12.1 Å². The van der Waals surface area contributed by atoms with E-state index in [4.69, 9.17) is 10.00 Å². The van der Waals surface area contributed by atoms with Gasteiger partial charge in [-0.3, -0.25) is 0 Å². The third-order valence-electron chi connectivity index (χ3n) is 4.68. The molecule has 0 radical (unpaired) electrons. The van der Waals surface area contributed by atoms with Crippen LogP contribution in [0.2, 0.25) is 0 Å². The summed E-state index contributed by atoms with van der Waals surface area (Å²) in [5, 5.41) is 11.8. The Balaban J connectivity index is 1.49. The maximum absolute atomic E-state index is 12.3. The molecular weight excluding hydrogens is 340 g/mol. The molecule has 1 N–H and O–H groups in total. The van der Waals surface area contributed by atoms with E-state index in [1.807, 2.05) is 24.3 Å². The molecular formula is C21H24N4O2. The number of ether oxygens (including phenoxy) is 1. The molecule has 1 aliphatic carbocycles. The zero-order valence-corrected chi connectivity index (χ0v) is 15.5. The lowest BCUT2D eigenvalue weighted by molar-refractivity contribution is 0.200. The minimum atomic E-state index is -0.158. The van der Waals surface area contributed by atoms with Crippen molar-refractivity contribution in [3.05, 3.63) is 59.3 Å². The number of nitriles is 1. The van der Waals surface area contributed by atoms with Crippen molar-refractivity contribution in [2.24, 2.45) is 0 Å². The van der Waals surface area contributed by atoms with Crippen LogP contribution < -0.4 is 10.1 Å². The van der Waals surface area contributed by atoms with Crippen LogP contribution in [0.4, 0.5) is 4.79 Å². The van der Waals surface area contributed by atoms with Gasteiger partial charge in [0, 0.05) is 32.4 Å². The van der Waals surface area contributed by atoms with Gasteiger partial charge in [0.1, 0.15) is 6.10 Å². The molecule has 1 fully saturated rings. The molecule has 0 atom stereocenters. The van der Waals surface area contributed by atoms with E-state index in [1.165, 1.54) is 12.8 Å². The van der Waals surface area contributed by atoms with Crippen molar-refractivity contribution in [1.82, 2.24) is 15.2 Å². The number of aromatic nitrogens is 1. The number of amides is 2. The Morgan fingerprint density at radius 1 is 1.26 bits per heavy atom. The van der Waals surface area contributed by atoms with E-state index in [2.05, 4.69) is 16.4 Å². The van der Waals surface area contributed by atoms with Crippen LogP contribution in [0.3, 0.4) is 0 Å². The van der Waals surface area contributed by atoms with Gasteiger partial charge in [0.05, 0.1) is 11.6 Å². The predicted octanol–water partition coefficient (Wildman–Crippen LogP) is 3.62. The molecule has 0 bridgehead atoms. The fourth-order valence-corrected chi connectivity index (χ4v) is 3.14. The van der Waals surface area contributed by atoms with Gasteiger partial charge < -0.3 is 15.0 Å². The molecule has 1 aromatic carbocycles. The Morgan fingerprint density at radius 2 is 2.00 bits per heavy atom. The predicted molar refractivity (Wildman–Crippen MR) is 102 cm³/mol. The lowest BCUT2D eigenvalue weighted by atomic mass is 10.1. The van der Waals surface area contributed by atoms with Crippen molar-refractivity contribution in [3.63, 3.8) is 0 Å². The van der Waals surface area contributed by atoms with Gasteiger partial charge in [0.2, 0.25) is 5.88 Å². The number of hydrogen-bond donors (Lipinski definition) is 1. The Kier molecular flexibility index (Phi) is 6.26. The highest BCUT2D eigenvalue weighted by molar-refractivity contribution is 5.73. The monoisotopic (exact) mass is 364 g/mol. The first kappa shape index (κ1) is 18.7. The molecule has 0 aliphatic heterocycles. The number of urea groups is 1. The van der Waals surface area contributed by atoms with Crippen LogP contribution in [-0.4, -0.2) is 29.1 Å². The van der Waals surface area contributed by atoms with Gasteiger partial charge >= 0.3 is 6.03 Å². The molecule has 2 aromatic rings. The minimum absolute atomic E-state index is 0.158. The van der Waals surface area contributed by atoms with Crippen molar-refractivity contribution in [2.75, 3.05) is 7.05 Å². The Hall–Kier alpha value is -3.07. The number of rotatable bonds is 6. The summed E-state index contributed by atoms with van der Waals surface area (Å²) in [5.74, 6) is 0.625. The molecule has 140 valence electrons. The summed E-state index contributed by atoms with van der Waals surface area (Å²) in [5.41, 5.74) is 2.54. The minimum Gasteiger partial charge on any atom is -0.474 e. The van der Waals surface area contributed by atoms with E-state index >= 15 is 0 Å². The van der Waals surface area contributed by atoms with Gasteiger partial charge in [0.25, 0.3) is 0 Å². The van der Waals surface area contributed by atoms with Crippen molar-refractivity contribution < 1.29 is 9.53 Å². The van der Waals surface area contributed by atoms with Gasteiger partial charge in [-0.2, -0.15) is 5.26 Å². The van der Waals surface area contributed by atoms with Crippen LogP contribution in [0.15, 0.2) is 42.6 Å². The molecule has 1 heterocycles. The first-order valence-electron chi connectivity index (χ1n) is 9.23.